The Morgan fingerprint density at radius 1 is 1.56 bits per heavy atom. The van der Waals surface area contributed by atoms with Gasteiger partial charge < -0.3 is 15.4 Å². The second-order valence-electron chi connectivity index (χ2n) is 4.52. The molecule has 5 heteroatoms. The smallest absolute Gasteiger partial charge is 0.227 e. The summed E-state index contributed by atoms with van der Waals surface area (Å²) in [4.78, 5) is 12.1. The Labute approximate surface area is 112 Å². The second-order valence-corrected chi connectivity index (χ2v) is 4.92. The predicted molar refractivity (Wildman–Crippen MR) is 72.2 cm³/mol. The van der Waals surface area contributed by atoms with Crippen LogP contribution in [-0.2, 0) is 4.79 Å². The normalized spacial score (nSPS) is 16.8. The molecule has 1 heterocycles. The largest absolute Gasteiger partial charge is 0.493 e. The van der Waals surface area contributed by atoms with E-state index in [9.17, 15) is 4.79 Å². The van der Waals surface area contributed by atoms with Gasteiger partial charge in [-0.05, 0) is 31.1 Å². The molecule has 18 heavy (non-hydrogen) atoms. The molecule has 1 aliphatic rings. The monoisotopic (exact) mass is 268 g/mol. The van der Waals surface area contributed by atoms with E-state index in [1.807, 2.05) is 6.92 Å². The lowest BCUT2D eigenvalue weighted by Gasteiger charge is -2.31. The van der Waals surface area contributed by atoms with Crippen LogP contribution in [0.4, 0.5) is 5.69 Å². The van der Waals surface area contributed by atoms with Crippen molar-refractivity contribution in [2.24, 2.45) is 11.8 Å². The predicted octanol–water partition coefficient (Wildman–Crippen LogP) is 2.14. The quantitative estimate of drug-likeness (QED) is 0.880. The number of carbonyl (C=O) groups is 1. The molecule has 0 bridgehead atoms. The Balaban J connectivity index is 2.08. The minimum atomic E-state index is -0.0186. The molecule has 0 aromatic heterocycles. The van der Waals surface area contributed by atoms with Crippen LogP contribution in [0.5, 0.6) is 5.75 Å². The van der Waals surface area contributed by atoms with Crippen molar-refractivity contribution in [1.29, 1.82) is 0 Å². The molecule has 1 fully saturated rings. The number of ether oxygens (including phenoxy) is 1. The lowest BCUT2D eigenvalue weighted by Crippen LogP contribution is -2.48. The van der Waals surface area contributed by atoms with Gasteiger partial charge in [-0.1, -0.05) is 24.6 Å². The zero-order chi connectivity index (χ0) is 13.1. The molecule has 1 amide bonds. The fourth-order valence-corrected chi connectivity index (χ4v) is 2.19. The van der Waals surface area contributed by atoms with E-state index < -0.39 is 0 Å². The molecule has 1 saturated heterocycles. The van der Waals surface area contributed by atoms with Gasteiger partial charge in [0, 0.05) is 5.92 Å². The molecule has 1 unspecified atom stereocenters. The lowest BCUT2D eigenvalue weighted by molar-refractivity contribution is -0.121. The third-order valence-corrected chi connectivity index (χ3v) is 3.66. The highest BCUT2D eigenvalue weighted by molar-refractivity contribution is 6.32. The summed E-state index contributed by atoms with van der Waals surface area (Å²) in [6.45, 7) is 3.75. The van der Waals surface area contributed by atoms with Crippen LogP contribution in [0.3, 0.4) is 0 Å². The molecule has 0 saturated carbocycles. The number of amides is 1. The van der Waals surface area contributed by atoms with Crippen LogP contribution in [-0.4, -0.2) is 26.1 Å². The molecule has 2 N–H and O–H groups in total. The van der Waals surface area contributed by atoms with Gasteiger partial charge in [0.2, 0.25) is 5.91 Å². The molecule has 1 aromatic rings. The summed E-state index contributed by atoms with van der Waals surface area (Å²) in [5.74, 6) is 0.902. The summed E-state index contributed by atoms with van der Waals surface area (Å²) in [7, 11) is 1.54. The third-order valence-electron chi connectivity index (χ3n) is 3.36. The van der Waals surface area contributed by atoms with Gasteiger partial charge in [0.05, 0.1) is 17.8 Å². The van der Waals surface area contributed by atoms with Gasteiger partial charge in [0.25, 0.3) is 0 Å². The van der Waals surface area contributed by atoms with Gasteiger partial charge in [-0.25, -0.2) is 0 Å². The fraction of sp³-hybridized carbons (Fsp3) is 0.462. The van der Waals surface area contributed by atoms with E-state index in [0.29, 0.717) is 22.4 Å². The van der Waals surface area contributed by atoms with Gasteiger partial charge in [0.1, 0.15) is 0 Å². The first-order chi connectivity index (χ1) is 8.63. The molecule has 0 spiro atoms. The van der Waals surface area contributed by atoms with E-state index in [1.165, 1.54) is 7.11 Å². The lowest BCUT2D eigenvalue weighted by atomic mass is 9.88. The van der Waals surface area contributed by atoms with Crippen molar-refractivity contribution in [2.75, 3.05) is 25.5 Å². The summed E-state index contributed by atoms with van der Waals surface area (Å²) in [6.07, 6.45) is 0. The number of methoxy groups -OCH3 is 1. The number of carbonyl (C=O) groups excluding carboxylic acids is 1. The number of hydrogen-bond donors (Lipinski definition) is 2. The average Bonchev–Trinajstić information content (AvgIpc) is 2.27. The first-order valence-corrected chi connectivity index (χ1v) is 6.35. The number of hydrogen-bond acceptors (Lipinski definition) is 3. The van der Waals surface area contributed by atoms with E-state index >= 15 is 0 Å². The Hall–Kier alpha value is -1.26. The molecular weight excluding hydrogens is 252 g/mol. The molecule has 98 valence electrons. The topological polar surface area (TPSA) is 50.4 Å². The van der Waals surface area contributed by atoms with Crippen LogP contribution in [0.1, 0.15) is 6.92 Å². The second kappa shape index (κ2) is 5.59. The van der Waals surface area contributed by atoms with Crippen LogP contribution in [0.2, 0.25) is 5.02 Å². The van der Waals surface area contributed by atoms with Crippen LogP contribution >= 0.6 is 11.6 Å². The van der Waals surface area contributed by atoms with Crippen molar-refractivity contribution in [3.63, 3.8) is 0 Å². The summed E-state index contributed by atoms with van der Waals surface area (Å²) in [6, 6.07) is 5.31. The van der Waals surface area contributed by atoms with Crippen molar-refractivity contribution in [1.82, 2.24) is 5.32 Å². The first-order valence-electron chi connectivity index (χ1n) is 5.97. The van der Waals surface area contributed by atoms with Gasteiger partial charge in [0.15, 0.2) is 5.75 Å². The van der Waals surface area contributed by atoms with E-state index in [2.05, 4.69) is 10.6 Å². The number of para-hydroxylation sites is 1. The maximum absolute atomic E-state index is 12.1. The Morgan fingerprint density at radius 3 is 2.83 bits per heavy atom. The van der Waals surface area contributed by atoms with Gasteiger partial charge in [-0.3, -0.25) is 4.79 Å². The highest BCUT2D eigenvalue weighted by atomic mass is 35.5. The highest BCUT2D eigenvalue weighted by Gasteiger charge is 2.29. The fourth-order valence-electron chi connectivity index (χ4n) is 1.94. The molecule has 2 rings (SSSR count). The maximum atomic E-state index is 12.1. The first kappa shape index (κ1) is 13.2. The van der Waals surface area contributed by atoms with E-state index in [1.54, 1.807) is 18.2 Å². The van der Waals surface area contributed by atoms with Crippen molar-refractivity contribution in [3.8, 4) is 5.75 Å². The molecule has 1 atom stereocenters. The molecule has 0 radical (unpaired) electrons. The molecular formula is C13H17ClN2O2. The van der Waals surface area contributed by atoms with Gasteiger partial charge in [-0.2, -0.15) is 0 Å². The minimum absolute atomic E-state index is 0.00191. The van der Waals surface area contributed by atoms with Gasteiger partial charge in [-0.15, -0.1) is 0 Å². The minimum Gasteiger partial charge on any atom is -0.493 e. The van der Waals surface area contributed by atoms with Crippen molar-refractivity contribution in [2.45, 2.75) is 6.92 Å². The number of nitrogens with one attached hydrogen (secondary N) is 2. The highest BCUT2D eigenvalue weighted by Crippen LogP contribution is 2.33. The molecule has 1 aromatic carbocycles. The summed E-state index contributed by atoms with van der Waals surface area (Å²) >= 11 is 6.01. The van der Waals surface area contributed by atoms with Crippen LogP contribution in [0, 0.1) is 11.8 Å². The zero-order valence-electron chi connectivity index (χ0n) is 10.5. The Kier molecular flexibility index (Phi) is 4.09. The van der Waals surface area contributed by atoms with Crippen LogP contribution in [0.15, 0.2) is 18.2 Å². The third kappa shape index (κ3) is 2.60. The number of rotatable bonds is 4. The van der Waals surface area contributed by atoms with Crippen LogP contribution in [0.25, 0.3) is 0 Å². The van der Waals surface area contributed by atoms with Crippen molar-refractivity contribution < 1.29 is 9.53 Å². The summed E-state index contributed by atoms with van der Waals surface area (Å²) in [5, 5.41) is 6.54. The summed E-state index contributed by atoms with van der Waals surface area (Å²) < 4.78 is 5.20. The van der Waals surface area contributed by atoms with Crippen LogP contribution < -0.4 is 15.4 Å². The van der Waals surface area contributed by atoms with Crippen molar-refractivity contribution in [3.05, 3.63) is 23.2 Å². The Morgan fingerprint density at radius 2 is 2.28 bits per heavy atom. The number of benzene rings is 1. The summed E-state index contributed by atoms with van der Waals surface area (Å²) in [5.41, 5.74) is 0.620. The number of anilines is 1. The Bertz CT molecular complexity index is 447. The van der Waals surface area contributed by atoms with E-state index in [4.69, 9.17) is 16.3 Å². The van der Waals surface area contributed by atoms with E-state index in [-0.39, 0.29) is 11.8 Å². The molecule has 4 nitrogen and oxygen atoms in total. The average molecular weight is 269 g/mol. The maximum Gasteiger partial charge on any atom is 0.227 e. The SMILES string of the molecule is COc1c(Cl)cccc1NC(=O)C(C)C1CNC1. The molecule has 0 aliphatic carbocycles. The standard InChI is InChI=1S/C13H17ClN2O2/c1-8(9-6-15-7-9)13(17)16-11-5-3-4-10(14)12(11)18-2/h3-5,8-9,15H,6-7H2,1-2H3,(H,16,17). The van der Waals surface area contributed by atoms with Gasteiger partial charge >= 0.3 is 0 Å². The zero-order valence-corrected chi connectivity index (χ0v) is 11.3. The molecule has 1 aliphatic heterocycles. The number of halogens is 1. The van der Waals surface area contributed by atoms with Crippen molar-refractivity contribution >= 4 is 23.2 Å². The van der Waals surface area contributed by atoms with E-state index in [0.717, 1.165) is 13.1 Å².